The van der Waals surface area contributed by atoms with Crippen molar-refractivity contribution in [1.82, 2.24) is 4.57 Å². The van der Waals surface area contributed by atoms with Gasteiger partial charge in [0.2, 0.25) is 0 Å². The first-order chi connectivity index (χ1) is 12.6. The highest BCUT2D eigenvalue weighted by molar-refractivity contribution is 6.14. The van der Waals surface area contributed by atoms with E-state index in [4.69, 9.17) is 0 Å². The van der Waals surface area contributed by atoms with E-state index in [0.29, 0.717) is 0 Å². The van der Waals surface area contributed by atoms with E-state index in [1.807, 2.05) is 6.08 Å². The van der Waals surface area contributed by atoms with Crippen molar-refractivity contribution in [3.05, 3.63) is 90.0 Å². The van der Waals surface area contributed by atoms with Crippen molar-refractivity contribution in [3.63, 3.8) is 0 Å². The lowest BCUT2D eigenvalue weighted by Gasteiger charge is -2.09. The highest BCUT2D eigenvalue weighted by Gasteiger charge is 2.13. The topological polar surface area (TPSA) is 17.3 Å². The molecule has 0 atom stereocenters. The summed E-state index contributed by atoms with van der Waals surface area (Å²) in [7, 11) is 1.81. The van der Waals surface area contributed by atoms with Gasteiger partial charge in [0, 0.05) is 29.1 Å². The molecular formula is C24H22N2. The van der Waals surface area contributed by atoms with Crippen LogP contribution >= 0.6 is 0 Å². The number of benzene rings is 3. The Kier molecular flexibility index (Phi) is 3.96. The second-order valence-corrected chi connectivity index (χ2v) is 6.74. The van der Waals surface area contributed by atoms with Crippen LogP contribution in [0.5, 0.6) is 0 Å². The zero-order chi connectivity index (χ0) is 18.3. The maximum Gasteiger partial charge on any atom is 0.0638 e. The summed E-state index contributed by atoms with van der Waals surface area (Å²) in [6.07, 6.45) is 1.81. The van der Waals surface area contributed by atoms with Gasteiger partial charge in [-0.3, -0.25) is 4.99 Å². The van der Waals surface area contributed by atoms with E-state index in [-0.39, 0.29) is 0 Å². The van der Waals surface area contributed by atoms with Crippen LogP contribution in [0, 0.1) is 13.8 Å². The summed E-state index contributed by atoms with van der Waals surface area (Å²) in [6, 6.07) is 21.9. The van der Waals surface area contributed by atoms with Gasteiger partial charge in [0.15, 0.2) is 0 Å². The van der Waals surface area contributed by atoms with Gasteiger partial charge in [-0.25, -0.2) is 0 Å². The summed E-state index contributed by atoms with van der Waals surface area (Å²) < 4.78 is 2.34. The average Bonchev–Trinajstić information content (AvgIpc) is 2.96. The first-order valence-electron chi connectivity index (χ1n) is 8.84. The smallest absolute Gasteiger partial charge is 0.0638 e. The molecule has 2 nitrogen and oxygen atoms in total. The van der Waals surface area contributed by atoms with Gasteiger partial charge in [0.05, 0.1) is 16.7 Å². The molecule has 0 aliphatic rings. The fraction of sp³-hybridized carbons (Fsp3) is 0.125. The van der Waals surface area contributed by atoms with Crippen molar-refractivity contribution < 1.29 is 0 Å². The predicted molar refractivity (Wildman–Crippen MR) is 113 cm³/mol. The fourth-order valence-corrected chi connectivity index (χ4v) is 3.60. The van der Waals surface area contributed by atoms with E-state index in [0.717, 1.165) is 11.3 Å². The first kappa shape index (κ1) is 16.3. The lowest BCUT2D eigenvalue weighted by molar-refractivity contribution is 1.17. The largest absolute Gasteiger partial charge is 0.309 e. The van der Waals surface area contributed by atoms with Gasteiger partial charge in [-0.05, 0) is 49.8 Å². The molecule has 0 saturated carbocycles. The normalized spacial score (nSPS) is 12.0. The third-order valence-corrected chi connectivity index (χ3v) is 4.95. The van der Waals surface area contributed by atoms with Crippen molar-refractivity contribution in [3.8, 4) is 5.69 Å². The second-order valence-electron chi connectivity index (χ2n) is 6.74. The first-order valence-corrected chi connectivity index (χ1v) is 8.84. The number of nitrogens with zero attached hydrogens (tertiary/aromatic N) is 2. The lowest BCUT2D eigenvalue weighted by Crippen LogP contribution is -1.98. The number of allylic oxidation sites excluding steroid dienone is 1. The third-order valence-electron chi connectivity index (χ3n) is 4.95. The number of aryl methyl sites for hydroxylation is 2. The van der Waals surface area contributed by atoms with Crippen molar-refractivity contribution in [2.24, 2.45) is 4.99 Å². The van der Waals surface area contributed by atoms with E-state index >= 15 is 0 Å². The molecular weight excluding hydrogens is 316 g/mol. The Hall–Kier alpha value is -3.13. The SMILES string of the molecule is C=CC(=NC)c1ccc2c3ccc(C)cc3n(-c3ccc(C)cc3)c2c1. The van der Waals surface area contributed by atoms with Crippen LogP contribution in [0.3, 0.4) is 0 Å². The summed E-state index contributed by atoms with van der Waals surface area (Å²) in [5, 5.41) is 2.52. The summed E-state index contributed by atoms with van der Waals surface area (Å²) >= 11 is 0. The molecule has 4 aromatic rings. The molecule has 0 amide bonds. The molecule has 0 bridgehead atoms. The van der Waals surface area contributed by atoms with Gasteiger partial charge in [-0.15, -0.1) is 0 Å². The van der Waals surface area contributed by atoms with Crippen LogP contribution in [-0.4, -0.2) is 17.3 Å². The molecule has 3 aromatic carbocycles. The van der Waals surface area contributed by atoms with Crippen molar-refractivity contribution >= 4 is 27.5 Å². The maximum atomic E-state index is 4.35. The van der Waals surface area contributed by atoms with Crippen molar-refractivity contribution in [2.75, 3.05) is 7.05 Å². The predicted octanol–water partition coefficient (Wildman–Crippen LogP) is 6.01. The summed E-state index contributed by atoms with van der Waals surface area (Å²) in [6.45, 7) is 8.15. The Morgan fingerprint density at radius 3 is 2.12 bits per heavy atom. The molecule has 0 N–H and O–H groups in total. The number of hydrogen-bond acceptors (Lipinski definition) is 1. The molecule has 128 valence electrons. The molecule has 1 heterocycles. The summed E-state index contributed by atoms with van der Waals surface area (Å²) in [4.78, 5) is 4.35. The van der Waals surface area contributed by atoms with Crippen LogP contribution in [0.1, 0.15) is 16.7 Å². The van der Waals surface area contributed by atoms with Gasteiger partial charge < -0.3 is 4.57 Å². The zero-order valence-electron chi connectivity index (χ0n) is 15.5. The lowest BCUT2D eigenvalue weighted by atomic mass is 10.1. The number of rotatable bonds is 3. The minimum atomic E-state index is 0.906. The molecule has 0 aliphatic heterocycles. The summed E-state index contributed by atoms with van der Waals surface area (Å²) in [5.41, 5.74) is 8.11. The highest BCUT2D eigenvalue weighted by atomic mass is 15.0. The standard InChI is InChI=1S/C24H22N2/c1-5-22(25-4)18-9-13-21-20-12-8-17(3)14-23(20)26(24(21)15-18)19-10-6-16(2)7-11-19/h5-15H,1H2,2-4H3. The second kappa shape index (κ2) is 6.30. The van der Waals surface area contributed by atoms with Gasteiger partial charge in [0.1, 0.15) is 0 Å². The Labute approximate surface area is 154 Å². The van der Waals surface area contributed by atoms with Gasteiger partial charge in [0.25, 0.3) is 0 Å². The minimum absolute atomic E-state index is 0.906. The van der Waals surface area contributed by atoms with Gasteiger partial charge in [-0.1, -0.05) is 48.5 Å². The van der Waals surface area contributed by atoms with Crippen LogP contribution in [0.15, 0.2) is 78.3 Å². The Bertz CT molecular complexity index is 1160. The number of hydrogen-bond donors (Lipinski definition) is 0. The van der Waals surface area contributed by atoms with Gasteiger partial charge in [-0.2, -0.15) is 0 Å². The quantitative estimate of drug-likeness (QED) is 0.407. The fourth-order valence-electron chi connectivity index (χ4n) is 3.60. The highest BCUT2D eigenvalue weighted by Crippen LogP contribution is 2.33. The van der Waals surface area contributed by atoms with Crippen LogP contribution < -0.4 is 0 Å². The molecule has 0 spiro atoms. The minimum Gasteiger partial charge on any atom is -0.309 e. The van der Waals surface area contributed by atoms with Crippen LogP contribution in [0.4, 0.5) is 0 Å². The number of fused-ring (bicyclic) bond motifs is 3. The average molecular weight is 338 g/mol. The van der Waals surface area contributed by atoms with E-state index < -0.39 is 0 Å². The number of aliphatic imine (C=N–C) groups is 1. The van der Waals surface area contributed by atoms with Crippen molar-refractivity contribution in [1.29, 1.82) is 0 Å². The molecule has 0 unspecified atom stereocenters. The molecule has 0 aliphatic carbocycles. The Morgan fingerprint density at radius 2 is 1.46 bits per heavy atom. The van der Waals surface area contributed by atoms with Crippen LogP contribution in [-0.2, 0) is 0 Å². The third kappa shape index (κ3) is 2.55. The monoisotopic (exact) mass is 338 g/mol. The molecule has 1 aromatic heterocycles. The van der Waals surface area contributed by atoms with Crippen LogP contribution in [0.25, 0.3) is 27.5 Å². The number of aromatic nitrogens is 1. The van der Waals surface area contributed by atoms with E-state index in [9.17, 15) is 0 Å². The molecule has 0 radical (unpaired) electrons. The van der Waals surface area contributed by atoms with Gasteiger partial charge >= 0.3 is 0 Å². The summed E-state index contributed by atoms with van der Waals surface area (Å²) in [5.74, 6) is 0. The Morgan fingerprint density at radius 1 is 0.846 bits per heavy atom. The zero-order valence-corrected chi connectivity index (χ0v) is 15.5. The molecule has 0 fully saturated rings. The van der Waals surface area contributed by atoms with E-state index in [1.165, 1.54) is 38.6 Å². The van der Waals surface area contributed by atoms with E-state index in [2.05, 4.69) is 90.6 Å². The Balaban J connectivity index is 2.13. The van der Waals surface area contributed by atoms with Crippen LogP contribution in [0.2, 0.25) is 0 Å². The van der Waals surface area contributed by atoms with E-state index in [1.54, 1.807) is 7.05 Å². The molecule has 4 rings (SSSR count). The van der Waals surface area contributed by atoms with Crippen molar-refractivity contribution in [2.45, 2.75) is 13.8 Å². The molecule has 26 heavy (non-hydrogen) atoms. The molecule has 0 saturated heterocycles. The molecule has 2 heteroatoms. The maximum absolute atomic E-state index is 4.35.